The number of carbonyl (C=O) groups excluding carboxylic acids is 3. The van der Waals surface area contributed by atoms with E-state index in [1.54, 1.807) is 5.48 Å². The largest absolute Gasteiger partial charge is 0.399 e. The standard InChI is InChI=1S/C8H11N3O5/c1-4-6(12)16-11(9)8(14)10-15-7(13)5(2)3/h4H,1-2,9H2,3H3,(H,10,14). The Kier molecular flexibility index (Phi) is 5.28. The van der Waals surface area contributed by atoms with E-state index < -0.39 is 18.0 Å². The lowest BCUT2D eigenvalue weighted by atomic mass is 10.4. The van der Waals surface area contributed by atoms with Crippen molar-refractivity contribution in [3.8, 4) is 0 Å². The van der Waals surface area contributed by atoms with E-state index in [1.807, 2.05) is 0 Å². The molecular weight excluding hydrogens is 218 g/mol. The first-order valence-electron chi connectivity index (χ1n) is 3.94. The number of hydroxylamine groups is 2. The number of rotatable bonds is 2. The molecule has 0 aromatic rings. The monoisotopic (exact) mass is 229 g/mol. The number of nitrogens with zero attached hydrogens (tertiary/aromatic N) is 1. The summed E-state index contributed by atoms with van der Waals surface area (Å²) >= 11 is 0. The van der Waals surface area contributed by atoms with Gasteiger partial charge >= 0.3 is 18.0 Å². The molecule has 2 amide bonds. The molecule has 8 heteroatoms. The summed E-state index contributed by atoms with van der Waals surface area (Å²) in [6.07, 6.45) is 0.799. The van der Waals surface area contributed by atoms with Crippen LogP contribution in [0.4, 0.5) is 4.79 Å². The van der Waals surface area contributed by atoms with Gasteiger partial charge in [-0.3, -0.25) is 0 Å². The van der Waals surface area contributed by atoms with Gasteiger partial charge in [0.1, 0.15) is 0 Å². The van der Waals surface area contributed by atoms with Crippen molar-refractivity contribution in [3.63, 3.8) is 0 Å². The molecule has 0 bridgehead atoms. The van der Waals surface area contributed by atoms with Crippen molar-refractivity contribution in [2.45, 2.75) is 6.92 Å². The average molecular weight is 229 g/mol. The van der Waals surface area contributed by atoms with E-state index >= 15 is 0 Å². The molecule has 0 fully saturated rings. The summed E-state index contributed by atoms with van der Waals surface area (Å²) in [4.78, 5) is 40.8. The molecule has 0 atom stereocenters. The number of urea groups is 1. The van der Waals surface area contributed by atoms with E-state index in [1.165, 1.54) is 6.92 Å². The van der Waals surface area contributed by atoms with Gasteiger partial charge in [0.05, 0.1) is 0 Å². The van der Waals surface area contributed by atoms with Gasteiger partial charge < -0.3 is 9.68 Å². The van der Waals surface area contributed by atoms with E-state index in [0.29, 0.717) is 0 Å². The van der Waals surface area contributed by atoms with Crippen LogP contribution < -0.4 is 11.3 Å². The van der Waals surface area contributed by atoms with Gasteiger partial charge in [0.15, 0.2) is 0 Å². The predicted molar refractivity (Wildman–Crippen MR) is 51.8 cm³/mol. The zero-order valence-corrected chi connectivity index (χ0v) is 8.56. The molecule has 0 heterocycles. The van der Waals surface area contributed by atoms with Crippen LogP contribution in [0.1, 0.15) is 6.92 Å². The molecule has 3 N–H and O–H groups in total. The van der Waals surface area contributed by atoms with Gasteiger partial charge in [0, 0.05) is 11.6 Å². The lowest BCUT2D eigenvalue weighted by Crippen LogP contribution is -2.46. The summed E-state index contributed by atoms with van der Waals surface area (Å²) in [6.45, 7) is 7.74. The fraction of sp³-hybridized carbons (Fsp3) is 0.125. The Labute approximate surface area is 91.2 Å². The van der Waals surface area contributed by atoms with Crippen LogP contribution in [0.2, 0.25) is 0 Å². The van der Waals surface area contributed by atoms with E-state index in [-0.39, 0.29) is 10.7 Å². The Hall–Kier alpha value is -2.35. The Bertz CT molecular complexity index is 339. The van der Waals surface area contributed by atoms with Gasteiger partial charge in [-0.15, -0.1) is 0 Å². The zero-order chi connectivity index (χ0) is 12.7. The highest BCUT2D eigenvalue weighted by atomic mass is 16.8. The van der Waals surface area contributed by atoms with Gasteiger partial charge in [-0.1, -0.05) is 18.3 Å². The van der Waals surface area contributed by atoms with Crippen LogP contribution in [0.5, 0.6) is 0 Å². The van der Waals surface area contributed by atoms with E-state index in [4.69, 9.17) is 5.84 Å². The van der Waals surface area contributed by atoms with Crippen molar-refractivity contribution < 1.29 is 24.1 Å². The summed E-state index contributed by atoms with van der Waals surface area (Å²) in [5.41, 5.74) is 1.71. The number of hydrogen-bond donors (Lipinski definition) is 2. The van der Waals surface area contributed by atoms with Crippen LogP contribution in [0, 0.1) is 0 Å². The molecule has 0 aliphatic rings. The normalized spacial score (nSPS) is 8.62. The van der Waals surface area contributed by atoms with Gasteiger partial charge in [0.2, 0.25) is 0 Å². The second-order valence-corrected chi connectivity index (χ2v) is 2.52. The lowest BCUT2D eigenvalue weighted by Gasteiger charge is -2.14. The highest BCUT2D eigenvalue weighted by Gasteiger charge is 2.15. The second kappa shape index (κ2) is 6.19. The molecule has 0 saturated heterocycles. The van der Waals surface area contributed by atoms with Crippen LogP contribution >= 0.6 is 0 Å². The van der Waals surface area contributed by atoms with Crippen molar-refractivity contribution in [3.05, 3.63) is 24.8 Å². The number of nitrogens with two attached hydrogens (primary N) is 1. The van der Waals surface area contributed by atoms with Crippen molar-refractivity contribution in [1.29, 1.82) is 0 Å². The maximum atomic E-state index is 11.0. The second-order valence-electron chi connectivity index (χ2n) is 2.52. The molecule has 16 heavy (non-hydrogen) atoms. The fourth-order valence-electron chi connectivity index (χ4n) is 0.398. The molecular formula is C8H11N3O5. The highest BCUT2D eigenvalue weighted by Crippen LogP contribution is 1.91. The first kappa shape index (κ1) is 13.7. The molecule has 0 rings (SSSR count). The third kappa shape index (κ3) is 4.77. The van der Waals surface area contributed by atoms with Crippen LogP contribution in [-0.2, 0) is 19.3 Å². The van der Waals surface area contributed by atoms with Gasteiger partial charge in [-0.25, -0.2) is 20.2 Å². The molecule has 88 valence electrons. The van der Waals surface area contributed by atoms with Crippen molar-refractivity contribution >= 4 is 18.0 Å². The van der Waals surface area contributed by atoms with Gasteiger partial charge in [0.25, 0.3) is 0 Å². The molecule has 8 nitrogen and oxygen atoms in total. The summed E-state index contributed by atoms with van der Waals surface area (Å²) < 4.78 is 0. The fourth-order valence-corrected chi connectivity index (χ4v) is 0.398. The summed E-state index contributed by atoms with van der Waals surface area (Å²) in [7, 11) is 0. The minimum atomic E-state index is -1.15. The summed E-state index contributed by atoms with van der Waals surface area (Å²) in [5, 5.41) is 0.0513. The van der Waals surface area contributed by atoms with Crippen molar-refractivity contribution in [1.82, 2.24) is 10.7 Å². The molecule has 0 aliphatic carbocycles. The van der Waals surface area contributed by atoms with E-state index in [9.17, 15) is 14.4 Å². The molecule has 0 spiro atoms. The molecule has 0 aromatic heterocycles. The lowest BCUT2D eigenvalue weighted by molar-refractivity contribution is -0.174. The van der Waals surface area contributed by atoms with Crippen LogP contribution in [0.15, 0.2) is 24.8 Å². The number of amides is 2. The molecule has 0 unspecified atom stereocenters. The Balaban J connectivity index is 4.06. The zero-order valence-electron chi connectivity index (χ0n) is 8.56. The maximum absolute atomic E-state index is 11.0. The quantitative estimate of drug-likeness (QED) is 0.287. The molecule has 0 aliphatic heterocycles. The van der Waals surface area contributed by atoms with E-state index in [0.717, 1.165) is 6.08 Å². The summed E-state index contributed by atoms with van der Waals surface area (Å²) in [6, 6.07) is -1.15. The number of hydrazine groups is 1. The van der Waals surface area contributed by atoms with E-state index in [2.05, 4.69) is 22.8 Å². The van der Waals surface area contributed by atoms with Crippen molar-refractivity contribution in [2.75, 3.05) is 0 Å². The highest BCUT2D eigenvalue weighted by molar-refractivity contribution is 5.88. The molecule has 0 radical (unpaired) electrons. The third-order valence-corrected chi connectivity index (χ3v) is 1.13. The third-order valence-electron chi connectivity index (χ3n) is 1.13. The predicted octanol–water partition coefficient (Wildman–Crippen LogP) is -0.450. The number of nitrogens with one attached hydrogen (secondary N) is 1. The Morgan fingerprint density at radius 2 is 2.00 bits per heavy atom. The number of carbonyl (C=O) groups is 3. The molecule has 0 aromatic carbocycles. The summed E-state index contributed by atoms with van der Waals surface area (Å²) in [5.74, 6) is 3.18. The first-order valence-corrected chi connectivity index (χ1v) is 3.94. The minimum Gasteiger partial charge on any atom is -0.334 e. The Morgan fingerprint density at radius 1 is 1.44 bits per heavy atom. The smallest absolute Gasteiger partial charge is 0.334 e. The minimum absolute atomic E-state index is 0.0513. The van der Waals surface area contributed by atoms with Crippen LogP contribution in [-0.4, -0.2) is 23.1 Å². The maximum Gasteiger partial charge on any atom is 0.399 e. The van der Waals surface area contributed by atoms with Gasteiger partial charge in [-0.05, 0) is 6.92 Å². The Morgan fingerprint density at radius 3 is 2.44 bits per heavy atom. The van der Waals surface area contributed by atoms with Crippen molar-refractivity contribution in [2.24, 2.45) is 5.84 Å². The molecule has 0 saturated carbocycles. The van der Waals surface area contributed by atoms with Gasteiger partial charge in [-0.2, -0.15) is 5.48 Å². The topological polar surface area (TPSA) is 111 Å². The first-order chi connectivity index (χ1) is 7.38. The number of hydrogen-bond acceptors (Lipinski definition) is 6. The average Bonchev–Trinajstić information content (AvgIpc) is 2.24. The van der Waals surface area contributed by atoms with Crippen LogP contribution in [0.3, 0.4) is 0 Å². The SMILES string of the molecule is C=CC(=O)ON(N)C(=O)NOC(=O)C(=C)C. The van der Waals surface area contributed by atoms with Crippen LogP contribution in [0.25, 0.3) is 0 Å².